The number of nitrogens with one attached hydrogen (secondary N) is 2. The fourth-order valence-electron chi connectivity index (χ4n) is 5.04. The van der Waals surface area contributed by atoms with E-state index in [9.17, 15) is 22.8 Å². The van der Waals surface area contributed by atoms with Gasteiger partial charge in [-0.25, -0.2) is 14.3 Å². The monoisotopic (exact) mass is 594 g/mol. The number of primary amides is 1. The number of aromatic nitrogens is 5. The molecule has 5 rings (SSSR count). The zero-order valence-corrected chi connectivity index (χ0v) is 22.8. The summed E-state index contributed by atoms with van der Waals surface area (Å²) < 4.78 is 35.0. The first-order valence-corrected chi connectivity index (χ1v) is 13.4. The number of anilines is 2. The zero-order chi connectivity index (χ0) is 30.6. The van der Waals surface area contributed by atoms with Gasteiger partial charge in [0.25, 0.3) is 11.8 Å². The molecule has 0 bridgehead atoms. The molecule has 2 aliphatic rings. The van der Waals surface area contributed by atoms with Gasteiger partial charge in [0.15, 0.2) is 11.3 Å². The number of hydrogen-bond acceptors (Lipinski definition) is 9. The fraction of sp³-hybridized carbons (Fsp3) is 0.520. The van der Waals surface area contributed by atoms with Crippen LogP contribution in [0.4, 0.5) is 24.7 Å². The minimum atomic E-state index is -5.08. The molecule has 14 nitrogen and oxygen atoms in total. The zero-order valence-electron chi connectivity index (χ0n) is 22.8. The van der Waals surface area contributed by atoms with Crippen LogP contribution in [0.25, 0.3) is 5.65 Å². The number of nitrogens with two attached hydrogens (primary N) is 2. The van der Waals surface area contributed by atoms with E-state index in [-0.39, 0.29) is 35.1 Å². The number of likely N-dealkylation sites (N-methyl/N-ethyl adjacent to an activating group) is 1. The number of hydrogen-bond donors (Lipinski definition) is 5. The van der Waals surface area contributed by atoms with Gasteiger partial charge in [0.05, 0.1) is 17.9 Å². The van der Waals surface area contributed by atoms with Crippen molar-refractivity contribution in [3.05, 3.63) is 35.9 Å². The summed E-state index contributed by atoms with van der Waals surface area (Å²) in [6.45, 7) is 1.83. The fourth-order valence-corrected chi connectivity index (χ4v) is 5.04. The number of alkyl halides is 3. The topological polar surface area (TPSA) is 199 Å². The number of likely N-dealkylation sites (tertiary alicyclic amines) is 1. The Kier molecular flexibility index (Phi) is 9.30. The second kappa shape index (κ2) is 12.7. The Bertz CT molecular complexity index is 1440. The van der Waals surface area contributed by atoms with Crippen LogP contribution in [0.2, 0.25) is 0 Å². The van der Waals surface area contributed by atoms with E-state index in [4.69, 9.17) is 21.4 Å². The van der Waals surface area contributed by atoms with Gasteiger partial charge >= 0.3 is 12.1 Å². The van der Waals surface area contributed by atoms with E-state index < -0.39 is 24.0 Å². The summed E-state index contributed by atoms with van der Waals surface area (Å²) in [5.74, 6) is -3.26. The summed E-state index contributed by atoms with van der Waals surface area (Å²) in [5.41, 5.74) is 12.8. The average molecular weight is 595 g/mol. The smallest absolute Gasteiger partial charge is 0.475 e. The molecule has 1 saturated carbocycles. The standard InChI is InChI=1S/C23H32N10O2.C2HF3O2/c1-31-9-4-5-14(12-31)33-13-18(20(30-33)21(25)34)28-23(35)15-11-26-32-10-8-19(29-22(15)32)27-17-7-3-2-6-16(17)24;3-2(4,5)1(6)7/h8,10-11,13-14,16-17H,2-7,9,12,24H2,1H3,(H2,25,34)(H,27,29)(H,28,35);(H,6,7)/t14?,16-,17+;/m1./s1. The predicted octanol–water partition coefficient (Wildman–Crippen LogP) is 1.86. The molecule has 0 radical (unpaired) electrons. The maximum absolute atomic E-state index is 13.2. The minimum absolute atomic E-state index is 0.0321. The third-order valence-corrected chi connectivity index (χ3v) is 7.20. The predicted molar refractivity (Wildman–Crippen MR) is 145 cm³/mol. The number of rotatable bonds is 6. The van der Waals surface area contributed by atoms with Crippen LogP contribution in [0, 0.1) is 0 Å². The molecule has 1 unspecified atom stereocenters. The number of aliphatic carboxylic acids is 1. The molecule has 1 aliphatic heterocycles. The number of amides is 2. The maximum atomic E-state index is 13.2. The number of carbonyl (C=O) groups excluding carboxylic acids is 2. The van der Waals surface area contributed by atoms with E-state index >= 15 is 0 Å². The van der Waals surface area contributed by atoms with Crippen molar-refractivity contribution >= 4 is 34.9 Å². The third-order valence-electron chi connectivity index (χ3n) is 7.20. The molecule has 0 aromatic carbocycles. The first-order chi connectivity index (χ1) is 19.8. The Morgan fingerprint density at radius 2 is 1.86 bits per heavy atom. The molecule has 3 atom stereocenters. The Balaban J connectivity index is 0.000000517. The molecular formula is C25H33F3N10O4. The maximum Gasteiger partial charge on any atom is 0.490 e. The number of carbonyl (C=O) groups is 3. The highest BCUT2D eigenvalue weighted by molar-refractivity contribution is 6.10. The van der Waals surface area contributed by atoms with Gasteiger partial charge in [0, 0.05) is 31.0 Å². The van der Waals surface area contributed by atoms with Gasteiger partial charge in [-0.1, -0.05) is 12.8 Å². The van der Waals surface area contributed by atoms with Crippen LogP contribution >= 0.6 is 0 Å². The van der Waals surface area contributed by atoms with Crippen molar-refractivity contribution in [1.29, 1.82) is 0 Å². The average Bonchev–Trinajstić information content (AvgIpc) is 3.54. The van der Waals surface area contributed by atoms with E-state index in [0.29, 0.717) is 11.5 Å². The Hall–Kier alpha value is -4.25. The van der Waals surface area contributed by atoms with Crippen LogP contribution in [0.1, 0.15) is 65.4 Å². The van der Waals surface area contributed by atoms with Gasteiger partial charge in [-0.2, -0.15) is 23.4 Å². The van der Waals surface area contributed by atoms with Gasteiger partial charge in [0.1, 0.15) is 11.4 Å². The lowest BCUT2D eigenvalue weighted by Gasteiger charge is -2.29. The van der Waals surface area contributed by atoms with Gasteiger partial charge < -0.3 is 32.1 Å². The van der Waals surface area contributed by atoms with Crippen LogP contribution in [0.3, 0.4) is 0 Å². The Morgan fingerprint density at radius 1 is 1.14 bits per heavy atom. The molecule has 2 amide bonds. The quantitative estimate of drug-likeness (QED) is 0.281. The van der Waals surface area contributed by atoms with E-state index in [0.717, 1.165) is 51.6 Å². The van der Waals surface area contributed by atoms with Crippen molar-refractivity contribution in [3.8, 4) is 0 Å². The SMILES string of the molecule is CN1CCCC(n2cc(NC(=O)c3cnn4ccc(N[C@H]5CCCC[C@H]5N)nc34)c(C(N)=O)n2)C1.O=C(O)C(F)(F)F. The number of halogens is 3. The number of carboxylic acid groups (broad SMARTS) is 1. The van der Waals surface area contributed by atoms with Crippen molar-refractivity contribution in [1.82, 2.24) is 29.3 Å². The molecule has 42 heavy (non-hydrogen) atoms. The highest BCUT2D eigenvalue weighted by Gasteiger charge is 2.38. The summed E-state index contributed by atoms with van der Waals surface area (Å²) in [7, 11) is 2.05. The third kappa shape index (κ3) is 7.33. The van der Waals surface area contributed by atoms with Gasteiger partial charge in [-0.05, 0) is 45.3 Å². The molecule has 3 aromatic rings. The normalized spacial score (nSPS) is 21.3. The lowest BCUT2D eigenvalue weighted by molar-refractivity contribution is -0.192. The van der Waals surface area contributed by atoms with Gasteiger partial charge in [-0.15, -0.1) is 0 Å². The molecule has 2 fully saturated rings. The van der Waals surface area contributed by atoms with Crippen LogP contribution in [-0.2, 0) is 4.79 Å². The lowest BCUT2D eigenvalue weighted by Crippen LogP contribution is -2.42. The van der Waals surface area contributed by atoms with Crippen molar-refractivity contribution in [3.63, 3.8) is 0 Å². The summed E-state index contributed by atoms with van der Waals surface area (Å²) in [4.78, 5) is 41.0. The minimum Gasteiger partial charge on any atom is -0.475 e. The van der Waals surface area contributed by atoms with E-state index in [1.807, 2.05) is 6.07 Å². The van der Waals surface area contributed by atoms with Gasteiger partial charge in [-0.3, -0.25) is 14.3 Å². The molecule has 3 aromatic heterocycles. The Morgan fingerprint density at radius 3 is 2.50 bits per heavy atom. The van der Waals surface area contributed by atoms with Crippen molar-refractivity contribution in [2.45, 2.75) is 62.8 Å². The van der Waals surface area contributed by atoms with Crippen molar-refractivity contribution in [2.24, 2.45) is 11.5 Å². The molecule has 228 valence electrons. The van der Waals surface area contributed by atoms with Crippen molar-refractivity contribution < 1.29 is 32.7 Å². The summed E-state index contributed by atoms with van der Waals surface area (Å²) in [6.07, 6.45) is 6.01. The van der Waals surface area contributed by atoms with Crippen LogP contribution < -0.4 is 22.1 Å². The molecule has 1 saturated heterocycles. The first kappa shape index (κ1) is 30.7. The Labute approximate surface area is 238 Å². The van der Waals surface area contributed by atoms with E-state index in [1.54, 1.807) is 17.1 Å². The molecule has 1 aliphatic carbocycles. The second-order valence-corrected chi connectivity index (χ2v) is 10.4. The van der Waals surface area contributed by atoms with Crippen LogP contribution in [0.15, 0.2) is 24.7 Å². The highest BCUT2D eigenvalue weighted by Crippen LogP contribution is 2.25. The summed E-state index contributed by atoms with van der Waals surface area (Å²) in [5, 5.41) is 22.0. The first-order valence-electron chi connectivity index (χ1n) is 13.4. The molecule has 4 heterocycles. The number of piperidine rings is 1. The van der Waals surface area contributed by atoms with Gasteiger partial charge in [0.2, 0.25) is 0 Å². The summed E-state index contributed by atoms with van der Waals surface area (Å²) in [6, 6.07) is 2.14. The van der Waals surface area contributed by atoms with Crippen LogP contribution in [0.5, 0.6) is 0 Å². The molecule has 0 spiro atoms. The lowest BCUT2D eigenvalue weighted by atomic mass is 9.91. The highest BCUT2D eigenvalue weighted by atomic mass is 19.4. The van der Waals surface area contributed by atoms with E-state index in [2.05, 4.69) is 37.8 Å². The molecule has 17 heteroatoms. The largest absolute Gasteiger partial charge is 0.490 e. The second-order valence-electron chi connectivity index (χ2n) is 10.4. The number of fused-ring (bicyclic) bond motifs is 1. The van der Waals surface area contributed by atoms with E-state index in [1.165, 1.54) is 10.7 Å². The molecule has 7 N–H and O–H groups in total. The number of nitrogens with zero attached hydrogens (tertiary/aromatic N) is 6. The summed E-state index contributed by atoms with van der Waals surface area (Å²) >= 11 is 0. The van der Waals surface area contributed by atoms with Crippen molar-refractivity contribution in [2.75, 3.05) is 30.8 Å². The number of carboxylic acids is 1. The van der Waals surface area contributed by atoms with Crippen LogP contribution in [-0.4, -0.2) is 90.6 Å². The molecular weight excluding hydrogens is 561 g/mol.